The molecule has 0 fully saturated rings. The number of nitrogens with one attached hydrogen (secondary N) is 1. The Kier molecular flexibility index (Phi) is 5.34. The monoisotopic (exact) mass is 306 g/mol. The maximum Gasteiger partial charge on any atom is 0.224 e. The molecule has 0 aliphatic rings. The molecule has 16 heavy (non-hydrogen) atoms. The van der Waals surface area contributed by atoms with E-state index in [0.29, 0.717) is 10.4 Å². The maximum atomic E-state index is 11.7. The molecule has 90 valence electrons. The van der Waals surface area contributed by atoms with Crippen molar-refractivity contribution in [2.75, 3.05) is 12.0 Å². The Morgan fingerprint density at radius 3 is 2.88 bits per heavy atom. The molecule has 1 heterocycles. The maximum absolute atomic E-state index is 11.7. The third kappa shape index (κ3) is 3.83. The van der Waals surface area contributed by atoms with Crippen LogP contribution in [0.5, 0.6) is 0 Å². The number of nitrogens with zero attached hydrogens (tertiary/aromatic N) is 1. The van der Waals surface area contributed by atoms with Gasteiger partial charge in [-0.25, -0.2) is 0 Å². The molecule has 0 aromatic carbocycles. The molecule has 1 N–H and O–H groups in total. The van der Waals surface area contributed by atoms with Crippen LogP contribution in [-0.2, 0) is 4.79 Å². The van der Waals surface area contributed by atoms with Crippen LogP contribution in [0.15, 0.2) is 15.2 Å². The van der Waals surface area contributed by atoms with Gasteiger partial charge in [-0.1, -0.05) is 12.1 Å². The van der Waals surface area contributed by atoms with Crippen molar-refractivity contribution in [2.24, 2.45) is 5.92 Å². The largest absolute Gasteiger partial charge is 0.358 e. The molecule has 2 atom stereocenters. The van der Waals surface area contributed by atoms with Gasteiger partial charge in [0.25, 0.3) is 0 Å². The molecule has 1 rings (SSSR count). The van der Waals surface area contributed by atoms with Crippen LogP contribution in [0.2, 0.25) is 0 Å². The van der Waals surface area contributed by atoms with E-state index < -0.39 is 0 Å². The van der Waals surface area contributed by atoms with Gasteiger partial charge in [-0.15, -0.1) is 0 Å². The first kappa shape index (κ1) is 13.6. The zero-order chi connectivity index (χ0) is 12.1. The average Bonchev–Trinajstić information content (AvgIpc) is 2.65. The van der Waals surface area contributed by atoms with Crippen LogP contribution in [0.1, 0.15) is 25.6 Å². The Bertz CT molecular complexity index is 356. The summed E-state index contributed by atoms with van der Waals surface area (Å²) in [4.78, 5) is 11.7. The molecule has 0 saturated heterocycles. The minimum atomic E-state index is -0.157. The van der Waals surface area contributed by atoms with Crippen LogP contribution in [0.25, 0.3) is 0 Å². The fourth-order valence-electron chi connectivity index (χ4n) is 1.22. The Labute approximate surface area is 108 Å². The van der Waals surface area contributed by atoms with Crippen LogP contribution in [0.3, 0.4) is 0 Å². The van der Waals surface area contributed by atoms with Gasteiger partial charge in [0.15, 0.2) is 5.76 Å². The molecule has 0 aliphatic carbocycles. The van der Waals surface area contributed by atoms with Crippen LogP contribution in [-0.4, -0.2) is 23.1 Å². The van der Waals surface area contributed by atoms with Crippen molar-refractivity contribution in [2.45, 2.75) is 19.9 Å². The van der Waals surface area contributed by atoms with Gasteiger partial charge in [0, 0.05) is 17.7 Å². The van der Waals surface area contributed by atoms with E-state index in [1.54, 1.807) is 17.8 Å². The van der Waals surface area contributed by atoms with Crippen molar-refractivity contribution in [3.63, 3.8) is 0 Å². The number of thioether (sulfide) groups is 1. The van der Waals surface area contributed by atoms with Crippen molar-refractivity contribution in [1.82, 2.24) is 10.5 Å². The highest BCUT2D eigenvalue weighted by molar-refractivity contribution is 9.10. The van der Waals surface area contributed by atoms with Crippen molar-refractivity contribution >= 4 is 33.6 Å². The zero-order valence-corrected chi connectivity index (χ0v) is 11.9. The molecule has 1 aromatic heterocycles. The number of carbonyl (C=O) groups is 1. The molecule has 0 radical (unpaired) electrons. The SMILES string of the molecule is CSCC(C)C(=O)N[C@H](C)c1cc(Br)no1. The van der Waals surface area contributed by atoms with Crippen molar-refractivity contribution in [3.05, 3.63) is 16.4 Å². The summed E-state index contributed by atoms with van der Waals surface area (Å²) in [5.74, 6) is 1.51. The normalized spacial score (nSPS) is 14.5. The van der Waals surface area contributed by atoms with E-state index in [9.17, 15) is 4.79 Å². The summed E-state index contributed by atoms with van der Waals surface area (Å²) in [5, 5.41) is 6.60. The quantitative estimate of drug-likeness (QED) is 0.908. The number of hydrogen-bond donors (Lipinski definition) is 1. The lowest BCUT2D eigenvalue weighted by Gasteiger charge is -2.14. The smallest absolute Gasteiger partial charge is 0.224 e. The Morgan fingerprint density at radius 1 is 1.69 bits per heavy atom. The second-order valence-electron chi connectivity index (χ2n) is 3.64. The molecule has 1 unspecified atom stereocenters. The highest BCUT2D eigenvalue weighted by Crippen LogP contribution is 2.17. The van der Waals surface area contributed by atoms with E-state index in [0.717, 1.165) is 5.75 Å². The first-order chi connectivity index (χ1) is 7.54. The molecule has 1 amide bonds. The number of carbonyl (C=O) groups excluding carboxylic acids is 1. The van der Waals surface area contributed by atoms with Gasteiger partial charge in [-0.3, -0.25) is 4.79 Å². The lowest BCUT2D eigenvalue weighted by Crippen LogP contribution is -2.32. The van der Waals surface area contributed by atoms with Gasteiger partial charge in [0.05, 0.1) is 6.04 Å². The van der Waals surface area contributed by atoms with Crippen LogP contribution >= 0.6 is 27.7 Å². The van der Waals surface area contributed by atoms with Gasteiger partial charge in [0.1, 0.15) is 4.60 Å². The van der Waals surface area contributed by atoms with Gasteiger partial charge < -0.3 is 9.84 Å². The summed E-state index contributed by atoms with van der Waals surface area (Å²) in [6, 6.07) is 1.60. The zero-order valence-electron chi connectivity index (χ0n) is 9.49. The number of amides is 1. The summed E-state index contributed by atoms with van der Waals surface area (Å²) >= 11 is 4.86. The molecule has 0 bridgehead atoms. The van der Waals surface area contributed by atoms with Crippen LogP contribution < -0.4 is 5.32 Å². The second kappa shape index (κ2) is 6.30. The van der Waals surface area contributed by atoms with Crippen molar-refractivity contribution in [3.8, 4) is 0 Å². The number of halogens is 1. The van der Waals surface area contributed by atoms with Gasteiger partial charge in [-0.2, -0.15) is 11.8 Å². The van der Waals surface area contributed by atoms with E-state index in [1.807, 2.05) is 20.1 Å². The minimum absolute atomic E-state index is 0.00353. The Hall–Kier alpha value is -0.490. The van der Waals surface area contributed by atoms with E-state index in [2.05, 4.69) is 26.4 Å². The number of aromatic nitrogens is 1. The fourth-order valence-corrected chi connectivity index (χ4v) is 2.17. The Balaban J connectivity index is 2.51. The summed E-state index contributed by atoms with van der Waals surface area (Å²) in [7, 11) is 0. The first-order valence-electron chi connectivity index (χ1n) is 4.96. The van der Waals surface area contributed by atoms with Crippen LogP contribution in [0.4, 0.5) is 0 Å². The Morgan fingerprint density at radius 2 is 2.38 bits per heavy atom. The lowest BCUT2D eigenvalue weighted by atomic mass is 10.1. The predicted octanol–water partition coefficient (Wildman–Crippen LogP) is 2.61. The van der Waals surface area contributed by atoms with Gasteiger partial charge in [0.2, 0.25) is 5.91 Å². The standard InChI is InChI=1S/C10H15BrN2O2S/c1-6(5-16-3)10(14)12-7(2)8-4-9(11)13-15-8/h4,6-7H,5H2,1-3H3,(H,12,14)/t6?,7-/m1/s1. The van der Waals surface area contributed by atoms with E-state index in [1.165, 1.54) is 0 Å². The molecule has 0 saturated carbocycles. The van der Waals surface area contributed by atoms with E-state index in [-0.39, 0.29) is 17.9 Å². The molecule has 0 aliphatic heterocycles. The predicted molar refractivity (Wildman–Crippen MR) is 68.3 cm³/mol. The van der Waals surface area contributed by atoms with Crippen molar-refractivity contribution < 1.29 is 9.32 Å². The van der Waals surface area contributed by atoms with Gasteiger partial charge >= 0.3 is 0 Å². The first-order valence-corrected chi connectivity index (χ1v) is 7.14. The molecule has 0 spiro atoms. The topological polar surface area (TPSA) is 55.1 Å². The van der Waals surface area contributed by atoms with E-state index >= 15 is 0 Å². The molecule has 1 aromatic rings. The van der Waals surface area contributed by atoms with Crippen LogP contribution in [0, 0.1) is 5.92 Å². The summed E-state index contributed by atoms with van der Waals surface area (Å²) < 4.78 is 5.69. The van der Waals surface area contributed by atoms with E-state index in [4.69, 9.17) is 4.52 Å². The minimum Gasteiger partial charge on any atom is -0.358 e. The molecule has 4 nitrogen and oxygen atoms in total. The molecule has 6 heteroatoms. The molecular weight excluding hydrogens is 292 g/mol. The molecular formula is C10H15BrN2O2S. The lowest BCUT2D eigenvalue weighted by molar-refractivity contribution is -0.124. The highest BCUT2D eigenvalue weighted by atomic mass is 79.9. The van der Waals surface area contributed by atoms with Crippen molar-refractivity contribution in [1.29, 1.82) is 0 Å². The third-order valence-electron chi connectivity index (χ3n) is 2.15. The number of hydrogen-bond acceptors (Lipinski definition) is 4. The highest BCUT2D eigenvalue weighted by Gasteiger charge is 2.18. The third-order valence-corrected chi connectivity index (χ3v) is 3.36. The number of rotatable bonds is 5. The second-order valence-corrected chi connectivity index (χ2v) is 5.36. The fraction of sp³-hybridized carbons (Fsp3) is 0.600. The summed E-state index contributed by atoms with van der Waals surface area (Å²) in [6.45, 7) is 3.78. The van der Waals surface area contributed by atoms with Gasteiger partial charge in [-0.05, 0) is 29.1 Å². The summed E-state index contributed by atoms with van der Waals surface area (Å²) in [6.07, 6.45) is 1.99. The summed E-state index contributed by atoms with van der Waals surface area (Å²) in [5.41, 5.74) is 0. The average molecular weight is 307 g/mol.